The van der Waals surface area contributed by atoms with E-state index in [-0.39, 0.29) is 5.75 Å². The largest absolute Gasteiger partial charge is 0.434 e. The molecule has 0 atom stereocenters. The number of ether oxygens (including phenoxy) is 1. The highest BCUT2D eigenvalue weighted by molar-refractivity contribution is 9.10. The minimum atomic E-state index is -2.81. The number of alkyl halides is 2. The van der Waals surface area contributed by atoms with Gasteiger partial charge in [0.15, 0.2) is 0 Å². The van der Waals surface area contributed by atoms with Crippen molar-refractivity contribution in [3.8, 4) is 5.75 Å². The van der Waals surface area contributed by atoms with Crippen LogP contribution in [-0.2, 0) is 0 Å². The average Bonchev–Trinajstić information content (AvgIpc) is 3.13. The minimum absolute atomic E-state index is 0.198. The predicted octanol–water partition coefficient (Wildman–Crippen LogP) is 4.21. The van der Waals surface area contributed by atoms with E-state index >= 15 is 0 Å². The topological polar surface area (TPSA) is 21.3 Å². The third-order valence-electron chi connectivity index (χ3n) is 2.84. The molecule has 0 saturated heterocycles. The van der Waals surface area contributed by atoms with Gasteiger partial charge in [-0.05, 0) is 38.0 Å². The maximum atomic E-state index is 12.3. The second kappa shape index (κ2) is 6.48. The Kier molecular flexibility index (Phi) is 4.93. The van der Waals surface area contributed by atoms with Crippen LogP contribution in [-0.4, -0.2) is 19.2 Å². The van der Waals surface area contributed by atoms with Gasteiger partial charge in [0.05, 0.1) is 0 Å². The third-order valence-corrected chi connectivity index (χ3v) is 3.33. The molecule has 0 amide bonds. The Hall–Kier alpha value is -0.940. The summed E-state index contributed by atoms with van der Waals surface area (Å²) in [7, 11) is 0. The molecule has 1 aliphatic rings. The molecule has 1 saturated carbocycles. The van der Waals surface area contributed by atoms with Crippen molar-refractivity contribution in [2.75, 3.05) is 6.54 Å². The Labute approximate surface area is 120 Å². The summed E-state index contributed by atoms with van der Waals surface area (Å²) in [6.45, 7) is -0.0634. The van der Waals surface area contributed by atoms with Crippen LogP contribution < -0.4 is 10.1 Å². The maximum absolute atomic E-state index is 12.3. The first-order chi connectivity index (χ1) is 9.04. The zero-order valence-corrected chi connectivity index (χ0v) is 12.2. The van der Waals surface area contributed by atoms with Crippen LogP contribution in [0.1, 0.15) is 25.3 Å². The maximum Gasteiger partial charge on any atom is 0.387 e. The summed E-state index contributed by atoms with van der Waals surface area (Å²) in [5, 5.41) is 3.38. The van der Waals surface area contributed by atoms with Crippen LogP contribution in [0.4, 0.5) is 8.78 Å². The molecule has 104 valence electrons. The van der Waals surface area contributed by atoms with E-state index in [1.54, 1.807) is 18.2 Å². The van der Waals surface area contributed by atoms with Crippen molar-refractivity contribution < 1.29 is 13.5 Å². The lowest BCUT2D eigenvalue weighted by atomic mass is 10.1. The summed E-state index contributed by atoms with van der Waals surface area (Å²) >= 11 is 3.34. The van der Waals surface area contributed by atoms with E-state index in [2.05, 4.69) is 26.0 Å². The molecule has 1 aliphatic carbocycles. The molecule has 0 aliphatic heterocycles. The molecular formula is C14H16BrF2NO. The summed E-state index contributed by atoms with van der Waals surface area (Å²) in [5.41, 5.74) is 1.74. The molecule has 2 nitrogen and oxygen atoms in total. The molecule has 0 bridgehead atoms. The number of benzene rings is 1. The number of halogens is 3. The molecule has 0 radical (unpaired) electrons. The van der Waals surface area contributed by atoms with Gasteiger partial charge in [-0.15, -0.1) is 0 Å². The fourth-order valence-corrected chi connectivity index (χ4v) is 2.12. The molecule has 0 spiro atoms. The first kappa shape index (κ1) is 14.5. The van der Waals surface area contributed by atoms with E-state index in [4.69, 9.17) is 0 Å². The first-order valence-corrected chi connectivity index (χ1v) is 6.99. The summed E-state index contributed by atoms with van der Waals surface area (Å²) < 4.78 is 30.0. The first-order valence-electron chi connectivity index (χ1n) is 6.19. The normalized spacial score (nSPS) is 15.9. The van der Waals surface area contributed by atoms with Crippen LogP contribution in [0, 0.1) is 0 Å². The van der Waals surface area contributed by atoms with Crippen molar-refractivity contribution in [3.63, 3.8) is 0 Å². The van der Waals surface area contributed by atoms with Gasteiger partial charge in [0, 0.05) is 22.6 Å². The number of hydrogen-bond donors (Lipinski definition) is 1. The van der Waals surface area contributed by atoms with E-state index in [0.29, 0.717) is 11.6 Å². The van der Waals surface area contributed by atoms with Gasteiger partial charge in [-0.2, -0.15) is 8.78 Å². The highest BCUT2D eigenvalue weighted by Gasteiger charge is 2.19. The summed E-state index contributed by atoms with van der Waals surface area (Å²) in [4.78, 5) is 0. The van der Waals surface area contributed by atoms with Crippen molar-refractivity contribution in [2.45, 2.75) is 32.4 Å². The number of rotatable bonds is 6. The van der Waals surface area contributed by atoms with Crippen LogP contribution in [0.15, 0.2) is 28.2 Å². The van der Waals surface area contributed by atoms with E-state index in [1.165, 1.54) is 12.8 Å². The Balaban J connectivity index is 2.10. The Morgan fingerprint density at radius 1 is 1.53 bits per heavy atom. The van der Waals surface area contributed by atoms with Crippen LogP contribution in [0.5, 0.6) is 5.75 Å². The molecule has 5 heteroatoms. The van der Waals surface area contributed by atoms with E-state index in [1.807, 2.05) is 13.0 Å². The van der Waals surface area contributed by atoms with Crippen LogP contribution in [0.2, 0.25) is 0 Å². The lowest BCUT2D eigenvalue weighted by molar-refractivity contribution is -0.0500. The molecule has 0 aromatic heterocycles. The lowest BCUT2D eigenvalue weighted by Gasteiger charge is -2.10. The monoisotopic (exact) mass is 331 g/mol. The highest BCUT2D eigenvalue weighted by atomic mass is 79.9. The van der Waals surface area contributed by atoms with Crippen molar-refractivity contribution in [1.29, 1.82) is 0 Å². The Bertz CT molecular complexity index is 473. The smallest absolute Gasteiger partial charge is 0.387 e. The third kappa shape index (κ3) is 4.91. The summed E-state index contributed by atoms with van der Waals surface area (Å²) in [6.07, 6.45) is 4.33. The SMILES string of the molecule is CC(=Cc1cc(Br)ccc1OC(F)F)CNC1CC1. The zero-order valence-electron chi connectivity index (χ0n) is 10.6. The van der Waals surface area contributed by atoms with Crippen LogP contribution >= 0.6 is 15.9 Å². The highest BCUT2D eigenvalue weighted by Crippen LogP contribution is 2.27. The lowest BCUT2D eigenvalue weighted by Crippen LogP contribution is -2.18. The molecule has 0 unspecified atom stereocenters. The number of nitrogens with one attached hydrogen (secondary N) is 1. The summed E-state index contributed by atoms with van der Waals surface area (Å²) in [5.74, 6) is 0.198. The van der Waals surface area contributed by atoms with Gasteiger partial charge in [-0.1, -0.05) is 27.6 Å². The van der Waals surface area contributed by atoms with E-state index in [9.17, 15) is 8.78 Å². The van der Waals surface area contributed by atoms with Crippen molar-refractivity contribution in [3.05, 3.63) is 33.8 Å². The van der Waals surface area contributed by atoms with Gasteiger partial charge in [0.25, 0.3) is 0 Å². The molecule has 1 N–H and O–H groups in total. The van der Waals surface area contributed by atoms with Crippen LogP contribution in [0.25, 0.3) is 6.08 Å². The van der Waals surface area contributed by atoms with Gasteiger partial charge in [-0.3, -0.25) is 0 Å². The van der Waals surface area contributed by atoms with Gasteiger partial charge in [0.1, 0.15) is 5.75 Å². The molecule has 2 rings (SSSR count). The minimum Gasteiger partial charge on any atom is -0.434 e. The van der Waals surface area contributed by atoms with Crippen LogP contribution in [0.3, 0.4) is 0 Å². The fraction of sp³-hybridized carbons (Fsp3) is 0.429. The zero-order chi connectivity index (χ0) is 13.8. The number of hydrogen-bond acceptors (Lipinski definition) is 2. The van der Waals surface area contributed by atoms with Crippen molar-refractivity contribution in [1.82, 2.24) is 5.32 Å². The Morgan fingerprint density at radius 3 is 2.89 bits per heavy atom. The molecule has 0 heterocycles. The second-order valence-corrected chi connectivity index (χ2v) is 5.62. The Morgan fingerprint density at radius 2 is 2.26 bits per heavy atom. The van der Waals surface area contributed by atoms with E-state index in [0.717, 1.165) is 16.6 Å². The molecule has 1 aromatic rings. The van der Waals surface area contributed by atoms with Gasteiger partial charge in [0.2, 0.25) is 0 Å². The predicted molar refractivity (Wildman–Crippen MR) is 75.4 cm³/mol. The molecule has 19 heavy (non-hydrogen) atoms. The van der Waals surface area contributed by atoms with Gasteiger partial charge < -0.3 is 10.1 Å². The van der Waals surface area contributed by atoms with Crippen molar-refractivity contribution >= 4 is 22.0 Å². The standard InChI is InChI=1S/C14H16BrF2NO/c1-9(8-18-12-3-4-12)6-10-7-11(15)2-5-13(10)19-14(16)17/h2,5-7,12,14,18H,3-4,8H2,1H3. The fourth-order valence-electron chi connectivity index (χ4n) is 1.74. The average molecular weight is 332 g/mol. The molecular weight excluding hydrogens is 316 g/mol. The molecule has 1 aromatic carbocycles. The second-order valence-electron chi connectivity index (χ2n) is 4.71. The quantitative estimate of drug-likeness (QED) is 0.843. The van der Waals surface area contributed by atoms with Gasteiger partial charge in [-0.25, -0.2) is 0 Å². The molecule has 1 fully saturated rings. The van der Waals surface area contributed by atoms with Gasteiger partial charge >= 0.3 is 6.61 Å². The van der Waals surface area contributed by atoms with Crippen molar-refractivity contribution in [2.24, 2.45) is 0 Å². The van der Waals surface area contributed by atoms with E-state index < -0.39 is 6.61 Å². The summed E-state index contributed by atoms with van der Waals surface area (Å²) in [6, 6.07) is 5.64.